The number of ether oxygens (including phenoxy) is 3. The Kier molecular flexibility index (Phi) is 7.34. The molecule has 0 spiro atoms. The van der Waals surface area contributed by atoms with Crippen LogP contribution < -0.4 is 14.4 Å². The number of esters is 1. The third-order valence-corrected chi connectivity index (χ3v) is 5.84. The Morgan fingerprint density at radius 2 is 1.70 bits per heavy atom. The van der Waals surface area contributed by atoms with E-state index >= 15 is 0 Å². The van der Waals surface area contributed by atoms with Crippen LogP contribution in [0.25, 0.3) is 6.08 Å². The summed E-state index contributed by atoms with van der Waals surface area (Å²) in [6.07, 6.45) is 1.58. The zero-order valence-corrected chi connectivity index (χ0v) is 20.5. The minimum atomic E-state index is -0.670. The minimum absolute atomic E-state index is 0.106. The van der Waals surface area contributed by atoms with Crippen molar-refractivity contribution in [1.29, 1.82) is 0 Å². The summed E-state index contributed by atoms with van der Waals surface area (Å²) in [4.78, 5) is 37.9. The molecule has 1 amide bonds. The van der Waals surface area contributed by atoms with Gasteiger partial charge in [0, 0.05) is 23.5 Å². The Balaban J connectivity index is 1.67. The molecular formula is C28H24N2O7. The van der Waals surface area contributed by atoms with Gasteiger partial charge in [-0.1, -0.05) is 36.4 Å². The number of anilines is 1. The second-order valence-electron chi connectivity index (χ2n) is 8.11. The van der Waals surface area contributed by atoms with Crippen molar-refractivity contribution in [1.82, 2.24) is 0 Å². The number of amides is 1. The molecule has 3 aromatic rings. The summed E-state index contributed by atoms with van der Waals surface area (Å²) in [5.74, 6) is -0.145. The lowest BCUT2D eigenvalue weighted by Gasteiger charge is -2.17. The number of nitro benzene ring substituents is 1. The quantitative estimate of drug-likeness (QED) is 0.184. The fourth-order valence-corrected chi connectivity index (χ4v) is 4.01. The SMILES string of the molecule is COC(=O)C1=C(C)N(c2ccc([N+](=O)[O-])cc2)C(=O)/C1=C\c1ccc(OCc2ccccc2)c(OC)c1. The minimum Gasteiger partial charge on any atom is -0.493 e. The van der Waals surface area contributed by atoms with Crippen LogP contribution in [0.1, 0.15) is 18.1 Å². The molecule has 3 aromatic carbocycles. The molecule has 0 bridgehead atoms. The van der Waals surface area contributed by atoms with Crippen molar-refractivity contribution in [3.63, 3.8) is 0 Å². The van der Waals surface area contributed by atoms with Crippen molar-refractivity contribution >= 4 is 29.3 Å². The Morgan fingerprint density at radius 3 is 2.32 bits per heavy atom. The van der Waals surface area contributed by atoms with Crippen LogP contribution in [0.15, 0.2) is 89.6 Å². The summed E-state index contributed by atoms with van der Waals surface area (Å²) in [5, 5.41) is 11.0. The smallest absolute Gasteiger partial charge is 0.340 e. The van der Waals surface area contributed by atoms with Gasteiger partial charge in [-0.05, 0) is 48.4 Å². The van der Waals surface area contributed by atoms with Crippen LogP contribution in [0.5, 0.6) is 11.5 Å². The Bertz CT molecular complexity index is 1410. The molecule has 9 heteroatoms. The van der Waals surface area contributed by atoms with Crippen LogP contribution in [0, 0.1) is 10.1 Å². The molecule has 4 rings (SSSR count). The maximum Gasteiger partial charge on any atom is 0.340 e. The van der Waals surface area contributed by atoms with Crippen LogP contribution in [-0.2, 0) is 20.9 Å². The van der Waals surface area contributed by atoms with Gasteiger partial charge in [0.15, 0.2) is 11.5 Å². The Hall–Kier alpha value is -4.92. The molecule has 0 fully saturated rings. The molecule has 9 nitrogen and oxygen atoms in total. The Labute approximate surface area is 213 Å². The third-order valence-electron chi connectivity index (χ3n) is 5.84. The first kappa shape index (κ1) is 25.2. The van der Waals surface area contributed by atoms with Crippen molar-refractivity contribution < 1.29 is 28.7 Å². The van der Waals surface area contributed by atoms with Gasteiger partial charge >= 0.3 is 5.97 Å². The molecular weight excluding hydrogens is 476 g/mol. The first-order valence-corrected chi connectivity index (χ1v) is 11.3. The van der Waals surface area contributed by atoms with E-state index in [-0.39, 0.29) is 16.8 Å². The van der Waals surface area contributed by atoms with E-state index in [0.717, 1.165) is 5.56 Å². The van der Waals surface area contributed by atoms with Crippen LogP contribution in [0.2, 0.25) is 0 Å². The molecule has 0 atom stereocenters. The molecule has 37 heavy (non-hydrogen) atoms. The van der Waals surface area contributed by atoms with Crippen molar-refractivity contribution in [2.24, 2.45) is 0 Å². The van der Waals surface area contributed by atoms with E-state index in [1.807, 2.05) is 30.3 Å². The lowest BCUT2D eigenvalue weighted by molar-refractivity contribution is -0.384. The van der Waals surface area contributed by atoms with E-state index in [0.29, 0.717) is 35.1 Å². The third kappa shape index (κ3) is 5.20. The number of hydrogen-bond acceptors (Lipinski definition) is 7. The Morgan fingerprint density at radius 1 is 1.00 bits per heavy atom. The highest BCUT2D eigenvalue weighted by Gasteiger charge is 2.38. The number of benzene rings is 3. The van der Waals surface area contributed by atoms with Gasteiger partial charge in [0.1, 0.15) is 6.61 Å². The van der Waals surface area contributed by atoms with E-state index < -0.39 is 16.8 Å². The number of nitrogens with zero attached hydrogens (tertiary/aromatic N) is 2. The molecule has 0 saturated carbocycles. The highest BCUT2D eigenvalue weighted by Crippen LogP contribution is 2.37. The first-order chi connectivity index (χ1) is 17.8. The molecule has 1 heterocycles. The van der Waals surface area contributed by atoms with Gasteiger partial charge < -0.3 is 14.2 Å². The zero-order chi connectivity index (χ0) is 26.5. The molecule has 188 valence electrons. The lowest BCUT2D eigenvalue weighted by Crippen LogP contribution is -2.24. The summed E-state index contributed by atoms with van der Waals surface area (Å²) < 4.78 is 16.3. The van der Waals surface area contributed by atoms with Crippen molar-refractivity contribution in [3.05, 3.63) is 111 Å². The average molecular weight is 501 g/mol. The van der Waals surface area contributed by atoms with Gasteiger partial charge in [0.25, 0.3) is 11.6 Å². The summed E-state index contributed by atoms with van der Waals surface area (Å²) in [5.41, 5.74) is 2.47. The largest absolute Gasteiger partial charge is 0.493 e. The molecule has 0 N–H and O–H groups in total. The van der Waals surface area contributed by atoms with Gasteiger partial charge in [-0.3, -0.25) is 19.8 Å². The molecule has 0 radical (unpaired) electrons. The van der Waals surface area contributed by atoms with E-state index in [4.69, 9.17) is 14.2 Å². The van der Waals surface area contributed by atoms with Gasteiger partial charge in [0.05, 0.1) is 30.3 Å². The van der Waals surface area contributed by atoms with Gasteiger partial charge in [-0.2, -0.15) is 0 Å². The summed E-state index contributed by atoms with van der Waals surface area (Å²) >= 11 is 0. The van der Waals surface area contributed by atoms with E-state index in [2.05, 4.69) is 0 Å². The maximum atomic E-state index is 13.5. The van der Waals surface area contributed by atoms with E-state index in [1.165, 1.54) is 43.4 Å². The second-order valence-corrected chi connectivity index (χ2v) is 8.11. The number of non-ortho nitro benzene ring substituents is 1. The average Bonchev–Trinajstić information content (AvgIpc) is 3.16. The predicted octanol–water partition coefficient (Wildman–Crippen LogP) is 5.06. The summed E-state index contributed by atoms with van der Waals surface area (Å²) in [7, 11) is 2.75. The van der Waals surface area contributed by atoms with Crippen molar-refractivity contribution in [3.8, 4) is 11.5 Å². The predicted molar refractivity (Wildman–Crippen MR) is 137 cm³/mol. The molecule has 0 aromatic heterocycles. The molecule has 0 saturated heterocycles. The van der Waals surface area contributed by atoms with Crippen LogP contribution >= 0.6 is 0 Å². The lowest BCUT2D eigenvalue weighted by atomic mass is 10.0. The standard InChI is InChI=1S/C28H24N2O7/c1-18-26(28(32)36-3)23(27(31)29(18)21-10-12-22(13-11-21)30(33)34)15-20-9-14-24(25(16-20)35-2)37-17-19-7-5-4-6-8-19/h4-16H,17H2,1-3H3/b23-15-. The summed E-state index contributed by atoms with van der Waals surface area (Å²) in [6, 6.07) is 20.4. The number of carbonyl (C=O) groups is 2. The normalized spacial score (nSPS) is 14.2. The monoisotopic (exact) mass is 500 g/mol. The van der Waals surface area contributed by atoms with Crippen LogP contribution in [-0.4, -0.2) is 31.0 Å². The second kappa shape index (κ2) is 10.8. The van der Waals surface area contributed by atoms with Crippen molar-refractivity contribution in [2.75, 3.05) is 19.1 Å². The molecule has 0 aliphatic carbocycles. The topological polar surface area (TPSA) is 108 Å². The fourth-order valence-electron chi connectivity index (χ4n) is 4.01. The number of allylic oxidation sites excluding steroid dienone is 1. The highest BCUT2D eigenvalue weighted by molar-refractivity contribution is 6.23. The highest BCUT2D eigenvalue weighted by atomic mass is 16.6. The van der Waals surface area contributed by atoms with E-state index in [1.54, 1.807) is 31.2 Å². The first-order valence-electron chi connectivity index (χ1n) is 11.3. The molecule has 0 unspecified atom stereocenters. The van der Waals surface area contributed by atoms with Crippen LogP contribution in [0.3, 0.4) is 0 Å². The number of rotatable bonds is 8. The summed E-state index contributed by atoms with van der Waals surface area (Å²) in [6.45, 7) is 1.97. The number of methoxy groups -OCH3 is 2. The van der Waals surface area contributed by atoms with Crippen LogP contribution in [0.4, 0.5) is 11.4 Å². The van der Waals surface area contributed by atoms with Gasteiger partial charge in [-0.25, -0.2) is 4.79 Å². The van der Waals surface area contributed by atoms with Gasteiger partial charge in [0.2, 0.25) is 0 Å². The fraction of sp³-hybridized carbons (Fsp3) is 0.143. The zero-order valence-electron chi connectivity index (χ0n) is 20.5. The number of nitro groups is 1. The van der Waals surface area contributed by atoms with Gasteiger partial charge in [-0.15, -0.1) is 0 Å². The molecule has 1 aliphatic rings. The van der Waals surface area contributed by atoms with Crippen molar-refractivity contribution in [2.45, 2.75) is 13.5 Å². The van der Waals surface area contributed by atoms with E-state index in [9.17, 15) is 19.7 Å². The molecule has 1 aliphatic heterocycles. The number of hydrogen-bond donors (Lipinski definition) is 0. The number of carbonyl (C=O) groups excluding carboxylic acids is 2. The maximum absolute atomic E-state index is 13.5.